The Kier molecular flexibility index (Phi) is 6.35. The second-order valence-corrected chi connectivity index (χ2v) is 4.36. The second kappa shape index (κ2) is 6.39. The Morgan fingerprint density at radius 3 is 2.31 bits per heavy atom. The molecule has 0 aromatic carbocycles. The number of hydrogen-bond acceptors (Lipinski definition) is 2. The van der Waals surface area contributed by atoms with Crippen LogP contribution >= 0.6 is 0 Å². The van der Waals surface area contributed by atoms with E-state index in [-0.39, 0.29) is 7.43 Å². The minimum atomic E-state index is 0. The van der Waals surface area contributed by atoms with Crippen LogP contribution in [0.1, 0.15) is 40.5 Å². The minimum absolute atomic E-state index is 0. The maximum Gasteiger partial charge on any atom is 0.00631 e. The molecule has 0 aliphatic carbocycles. The molecular weight excluding hydrogens is 160 g/mol. The van der Waals surface area contributed by atoms with Crippen molar-refractivity contribution in [2.75, 3.05) is 19.6 Å². The number of nitrogens with zero attached hydrogens (tertiary/aromatic N) is 1. The summed E-state index contributed by atoms with van der Waals surface area (Å²) in [5.41, 5.74) is 5.83. The van der Waals surface area contributed by atoms with E-state index < -0.39 is 0 Å². The standard InChI is InChI=1S/C10H22N2.CH4/c1-9(2)3-6-12-7-4-10(11)5-8-12;/h9-10H,3-8,11H2,1-2H3;1H4. The summed E-state index contributed by atoms with van der Waals surface area (Å²) in [4.78, 5) is 2.54. The van der Waals surface area contributed by atoms with Gasteiger partial charge in [0.2, 0.25) is 0 Å². The number of nitrogens with two attached hydrogens (primary N) is 1. The van der Waals surface area contributed by atoms with Crippen LogP contribution in [0.3, 0.4) is 0 Å². The maximum absolute atomic E-state index is 5.83. The topological polar surface area (TPSA) is 29.3 Å². The summed E-state index contributed by atoms with van der Waals surface area (Å²) in [6.45, 7) is 8.28. The van der Waals surface area contributed by atoms with E-state index in [1.54, 1.807) is 0 Å². The highest BCUT2D eigenvalue weighted by Gasteiger charge is 2.15. The van der Waals surface area contributed by atoms with E-state index in [1.807, 2.05) is 0 Å². The van der Waals surface area contributed by atoms with Crippen molar-refractivity contribution < 1.29 is 0 Å². The molecule has 0 aromatic rings. The first-order chi connectivity index (χ1) is 5.68. The van der Waals surface area contributed by atoms with E-state index >= 15 is 0 Å². The monoisotopic (exact) mass is 186 g/mol. The number of rotatable bonds is 3. The fourth-order valence-corrected chi connectivity index (χ4v) is 1.62. The SMILES string of the molecule is C.CC(C)CCN1CCC(N)CC1. The normalized spacial score (nSPS) is 20.3. The van der Waals surface area contributed by atoms with E-state index in [4.69, 9.17) is 5.73 Å². The van der Waals surface area contributed by atoms with Crippen molar-refractivity contribution >= 4 is 0 Å². The molecule has 2 N–H and O–H groups in total. The molecule has 0 aromatic heterocycles. The van der Waals surface area contributed by atoms with Crippen LogP contribution in [-0.2, 0) is 0 Å². The smallest absolute Gasteiger partial charge is 0.00631 e. The van der Waals surface area contributed by atoms with Gasteiger partial charge in [0.15, 0.2) is 0 Å². The first kappa shape index (κ1) is 12.9. The van der Waals surface area contributed by atoms with Crippen LogP contribution in [0.2, 0.25) is 0 Å². The highest BCUT2D eigenvalue weighted by Crippen LogP contribution is 2.10. The van der Waals surface area contributed by atoms with Crippen molar-refractivity contribution in [3.8, 4) is 0 Å². The molecule has 1 aliphatic heterocycles. The fourth-order valence-electron chi connectivity index (χ4n) is 1.62. The van der Waals surface area contributed by atoms with Crippen LogP contribution < -0.4 is 5.73 Å². The van der Waals surface area contributed by atoms with Crippen molar-refractivity contribution in [1.29, 1.82) is 0 Å². The van der Waals surface area contributed by atoms with Gasteiger partial charge in [-0.1, -0.05) is 21.3 Å². The predicted molar refractivity (Wildman–Crippen MR) is 59.8 cm³/mol. The molecule has 0 bridgehead atoms. The van der Waals surface area contributed by atoms with Crippen molar-refractivity contribution in [3.05, 3.63) is 0 Å². The van der Waals surface area contributed by atoms with Gasteiger partial charge < -0.3 is 10.6 Å². The zero-order valence-corrected chi connectivity index (χ0v) is 8.42. The molecule has 0 saturated carbocycles. The van der Waals surface area contributed by atoms with Crippen LogP contribution in [0.15, 0.2) is 0 Å². The van der Waals surface area contributed by atoms with Crippen LogP contribution in [0, 0.1) is 5.92 Å². The molecule has 0 radical (unpaired) electrons. The third-order valence-electron chi connectivity index (χ3n) is 2.65. The van der Waals surface area contributed by atoms with Gasteiger partial charge in [0, 0.05) is 6.04 Å². The Labute approximate surface area is 83.5 Å². The van der Waals surface area contributed by atoms with Gasteiger partial charge in [-0.15, -0.1) is 0 Å². The van der Waals surface area contributed by atoms with Crippen molar-refractivity contribution in [2.24, 2.45) is 11.7 Å². The molecule has 2 heteroatoms. The Bertz CT molecular complexity index is 115. The summed E-state index contributed by atoms with van der Waals surface area (Å²) >= 11 is 0. The molecule has 0 atom stereocenters. The Morgan fingerprint density at radius 1 is 1.31 bits per heavy atom. The first-order valence-electron chi connectivity index (χ1n) is 5.16. The summed E-state index contributed by atoms with van der Waals surface area (Å²) < 4.78 is 0. The lowest BCUT2D eigenvalue weighted by Gasteiger charge is -2.30. The lowest BCUT2D eigenvalue weighted by Crippen LogP contribution is -2.40. The molecule has 2 nitrogen and oxygen atoms in total. The third-order valence-corrected chi connectivity index (χ3v) is 2.65. The first-order valence-corrected chi connectivity index (χ1v) is 5.16. The lowest BCUT2D eigenvalue weighted by molar-refractivity contribution is 0.203. The highest BCUT2D eigenvalue weighted by atomic mass is 15.1. The zero-order valence-electron chi connectivity index (χ0n) is 8.42. The molecule has 0 spiro atoms. The van der Waals surface area contributed by atoms with Crippen LogP contribution in [0.4, 0.5) is 0 Å². The van der Waals surface area contributed by atoms with Crippen molar-refractivity contribution in [3.63, 3.8) is 0 Å². The van der Waals surface area contributed by atoms with Crippen molar-refractivity contribution in [2.45, 2.75) is 46.6 Å². The maximum atomic E-state index is 5.83. The predicted octanol–water partition coefficient (Wildman–Crippen LogP) is 2.09. The Morgan fingerprint density at radius 2 is 1.85 bits per heavy atom. The van der Waals surface area contributed by atoms with Gasteiger partial charge in [-0.2, -0.15) is 0 Å². The fraction of sp³-hybridized carbons (Fsp3) is 1.00. The van der Waals surface area contributed by atoms with Gasteiger partial charge in [0.05, 0.1) is 0 Å². The van der Waals surface area contributed by atoms with E-state index in [9.17, 15) is 0 Å². The van der Waals surface area contributed by atoms with E-state index in [1.165, 1.54) is 38.9 Å². The average molecular weight is 186 g/mol. The second-order valence-electron chi connectivity index (χ2n) is 4.36. The van der Waals surface area contributed by atoms with Gasteiger partial charge >= 0.3 is 0 Å². The number of likely N-dealkylation sites (tertiary alicyclic amines) is 1. The lowest BCUT2D eigenvalue weighted by atomic mass is 10.0. The Hall–Kier alpha value is -0.0800. The van der Waals surface area contributed by atoms with Crippen LogP contribution in [0.5, 0.6) is 0 Å². The molecule has 13 heavy (non-hydrogen) atoms. The summed E-state index contributed by atoms with van der Waals surface area (Å²) in [7, 11) is 0. The molecule has 1 fully saturated rings. The summed E-state index contributed by atoms with van der Waals surface area (Å²) in [5.74, 6) is 0.834. The molecule has 1 saturated heterocycles. The number of piperidine rings is 1. The van der Waals surface area contributed by atoms with Gasteiger partial charge in [0.1, 0.15) is 0 Å². The zero-order chi connectivity index (χ0) is 8.97. The minimum Gasteiger partial charge on any atom is -0.328 e. The molecule has 0 amide bonds. The van der Waals surface area contributed by atoms with E-state index in [0.717, 1.165) is 5.92 Å². The van der Waals surface area contributed by atoms with E-state index in [0.29, 0.717) is 6.04 Å². The summed E-state index contributed by atoms with van der Waals surface area (Å²) in [6.07, 6.45) is 3.71. The average Bonchev–Trinajstić information content (AvgIpc) is 2.03. The van der Waals surface area contributed by atoms with Gasteiger partial charge in [0.25, 0.3) is 0 Å². The van der Waals surface area contributed by atoms with Gasteiger partial charge in [-0.25, -0.2) is 0 Å². The number of hydrogen-bond donors (Lipinski definition) is 1. The largest absolute Gasteiger partial charge is 0.328 e. The summed E-state index contributed by atoms with van der Waals surface area (Å²) in [5, 5.41) is 0. The summed E-state index contributed by atoms with van der Waals surface area (Å²) in [6, 6.07) is 0.472. The molecule has 80 valence electrons. The van der Waals surface area contributed by atoms with Crippen LogP contribution in [0.25, 0.3) is 0 Å². The quantitative estimate of drug-likeness (QED) is 0.731. The van der Waals surface area contributed by atoms with Crippen LogP contribution in [-0.4, -0.2) is 30.6 Å². The highest BCUT2D eigenvalue weighted by molar-refractivity contribution is 4.73. The van der Waals surface area contributed by atoms with Crippen molar-refractivity contribution in [1.82, 2.24) is 4.90 Å². The van der Waals surface area contributed by atoms with E-state index in [2.05, 4.69) is 18.7 Å². The Balaban J connectivity index is 0.00000144. The molecule has 1 aliphatic rings. The van der Waals surface area contributed by atoms with Gasteiger partial charge in [-0.3, -0.25) is 0 Å². The third kappa shape index (κ3) is 5.27. The molecule has 1 heterocycles. The molecule has 0 unspecified atom stereocenters. The van der Waals surface area contributed by atoms with Gasteiger partial charge in [-0.05, 0) is 44.8 Å². The molecular formula is C11H26N2. The molecule has 1 rings (SSSR count).